The van der Waals surface area contributed by atoms with E-state index in [0.29, 0.717) is 11.8 Å². The minimum atomic E-state index is 0.149. The summed E-state index contributed by atoms with van der Waals surface area (Å²) in [5.74, 6) is 1.11. The fourth-order valence-electron chi connectivity index (χ4n) is 2.58. The first-order valence-electron chi connectivity index (χ1n) is 5.25. The Hall–Kier alpha value is -0.600. The average Bonchev–Trinajstić information content (AvgIpc) is 2.55. The molecule has 1 rings (SSSR count). The number of aliphatic hydroxyl groups excluding tert-OH is 2. The first kappa shape index (κ1) is 11.5. The van der Waals surface area contributed by atoms with Gasteiger partial charge in [-0.15, -0.1) is 6.58 Å². The summed E-state index contributed by atoms with van der Waals surface area (Å²) >= 11 is 0. The summed E-state index contributed by atoms with van der Waals surface area (Å²) in [5, 5.41) is 18.6. The van der Waals surface area contributed by atoms with E-state index in [2.05, 4.69) is 12.7 Å². The summed E-state index contributed by atoms with van der Waals surface area (Å²) in [5.41, 5.74) is 0. The van der Waals surface area contributed by atoms with Crippen LogP contribution in [0.15, 0.2) is 24.8 Å². The highest BCUT2D eigenvalue weighted by molar-refractivity contribution is 5.03. The highest BCUT2D eigenvalue weighted by Crippen LogP contribution is 2.42. The minimum Gasteiger partial charge on any atom is -0.396 e. The fourth-order valence-corrected chi connectivity index (χ4v) is 2.58. The van der Waals surface area contributed by atoms with E-state index in [0.717, 1.165) is 6.42 Å². The van der Waals surface area contributed by atoms with E-state index >= 15 is 0 Å². The molecule has 0 amide bonds. The van der Waals surface area contributed by atoms with Crippen molar-refractivity contribution in [2.45, 2.75) is 13.3 Å². The molecule has 4 atom stereocenters. The van der Waals surface area contributed by atoms with Gasteiger partial charge in [0.25, 0.3) is 0 Å². The summed E-state index contributed by atoms with van der Waals surface area (Å²) in [4.78, 5) is 0. The van der Waals surface area contributed by atoms with Crippen LogP contribution in [0.2, 0.25) is 0 Å². The van der Waals surface area contributed by atoms with Gasteiger partial charge in [0.2, 0.25) is 0 Å². The zero-order valence-electron chi connectivity index (χ0n) is 8.76. The lowest BCUT2D eigenvalue weighted by atomic mass is 9.88. The van der Waals surface area contributed by atoms with Crippen molar-refractivity contribution in [1.29, 1.82) is 0 Å². The Morgan fingerprint density at radius 2 is 1.79 bits per heavy atom. The molecule has 2 N–H and O–H groups in total. The monoisotopic (exact) mass is 196 g/mol. The molecule has 0 aliphatic heterocycles. The van der Waals surface area contributed by atoms with Gasteiger partial charge in [0, 0.05) is 13.2 Å². The van der Waals surface area contributed by atoms with Gasteiger partial charge in [0.1, 0.15) is 0 Å². The van der Waals surface area contributed by atoms with Gasteiger partial charge in [-0.05, 0) is 37.0 Å². The molecule has 1 saturated carbocycles. The van der Waals surface area contributed by atoms with Crippen molar-refractivity contribution in [2.24, 2.45) is 23.7 Å². The number of allylic oxidation sites excluding steroid dienone is 3. The van der Waals surface area contributed by atoms with Crippen LogP contribution in [0.4, 0.5) is 0 Å². The maximum absolute atomic E-state index is 9.30. The van der Waals surface area contributed by atoms with Gasteiger partial charge < -0.3 is 10.2 Å². The molecule has 0 unspecified atom stereocenters. The number of hydrogen-bond acceptors (Lipinski definition) is 2. The van der Waals surface area contributed by atoms with E-state index in [9.17, 15) is 10.2 Å². The minimum absolute atomic E-state index is 0.149. The molecular weight excluding hydrogens is 176 g/mol. The quantitative estimate of drug-likeness (QED) is 0.670. The van der Waals surface area contributed by atoms with Crippen molar-refractivity contribution in [3.05, 3.63) is 24.8 Å². The third-order valence-electron chi connectivity index (χ3n) is 3.36. The van der Waals surface area contributed by atoms with E-state index in [1.54, 1.807) is 0 Å². The second-order valence-corrected chi connectivity index (χ2v) is 4.02. The highest BCUT2D eigenvalue weighted by Gasteiger charge is 2.39. The van der Waals surface area contributed by atoms with E-state index in [4.69, 9.17) is 0 Å². The van der Waals surface area contributed by atoms with Crippen LogP contribution >= 0.6 is 0 Å². The van der Waals surface area contributed by atoms with Gasteiger partial charge in [0.15, 0.2) is 0 Å². The van der Waals surface area contributed by atoms with Crippen LogP contribution in [0.25, 0.3) is 0 Å². The van der Waals surface area contributed by atoms with Crippen molar-refractivity contribution in [1.82, 2.24) is 0 Å². The molecule has 80 valence electrons. The molecule has 0 heterocycles. The third kappa shape index (κ3) is 2.07. The summed E-state index contributed by atoms with van der Waals surface area (Å²) in [6.07, 6.45) is 7.07. The van der Waals surface area contributed by atoms with Gasteiger partial charge in [0.05, 0.1) is 0 Å². The lowest BCUT2D eigenvalue weighted by Crippen LogP contribution is -2.23. The van der Waals surface area contributed by atoms with Gasteiger partial charge in [-0.2, -0.15) is 0 Å². The van der Waals surface area contributed by atoms with Crippen LogP contribution < -0.4 is 0 Å². The zero-order valence-corrected chi connectivity index (χ0v) is 8.76. The van der Waals surface area contributed by atoms with Gasteiger partial charge in [-0.1, -0.05) is 18.2 Å². The molecule has 0 saturated heterocycles. The Balaban J connectivity index is 2.77. The Morgan fingerprint density at radius 3 is 2.21 bits per heavy atom. The van der Waals surface area contributed by atoms with Crippen molar-refractivity contribution < 1.29 is 10.2 Å². The number of aliphatic hydroxyl groups is 2. The Bertz CT molecular complexity index is 210. The maximum atomic E-state index is 9.30. The molecule has 0 aromatic heterocycles. The van der Waals surface area contributed by atoms with Crippen molar-refractivity contribution >= 4 is 0 Å². The molecule has 1 aliphatic rings. The molecule has 1 aliphatic carbocycles. The summed E-state index contributed by atoms with van der Waals surface area (Å²) in [6, 6.07) is 0. The fraction of sp³-hybridized carbons (Fsp3) is 0.667. The molecule has 0 spiro atoms. The largest absolute Gasteiger partial charge is 0.396 e. The lowest BCUT2D eigenvalue weighted by Gasteiger charge is -2.20. The van der Waals surface area contributed by atoms with Crippen LogP contribution in [0, 0.1) is 23.7 Å². The molecule has 1 fully saturated rings. The molecule has 2 nitrogen and oxygen atoms in total. The summed E-state index contributed by atoms with van der Waals surface area (Å²) in [7, 11) is 0. The average molecular weight is 196 g/mol. The van der Waals surface area contributed by atoms with Gasteiger partial charge in [-0.25, -0.2) is 0 Å². The van der Waals surface area contributed by atoms with Gasteiger partial charge in [-0.3, -0.25) is 0 Å². The predicted octanol–water partition coefficient (Wildman–Crippen LogP) is 1.60. The van der Waals surface area contributed by atoms with Crippen LogP contribution in [-0.4, -0.2) is 23.4 Å². The molecule has 0 bridgehead atoms. The van der Waals surface area contributed by atoms with E-state index in [-0.39, 0.29) is 25.0 Å². The van der Waals surface area contributed by atoms with E-state index in [1.165, 1.54) is 0 Å². The number of rotatable bonds is 4. The van der Waals surface area contributed by atoms with E-state index < -0.39 is 0 Å². The zero-order chi connectivity index (χ0) is 10.6. The van der Waals surface area contributed by atoms with Crippen LogP contribution in [-0.2, 0) is 0 Å². The van der Waals surface area contributed by atoms with Crippen LogP contribution in [0.5, 0.6) is 0 Å². The van der Waals surface area contributed by atoms with E-state index in [1.807, 2.05) is 19.1 Å². The molecule has 0 aromatic rings. The molecule has 2 heteroatoms. The van der Waals surface area contributed by atoms with Crippen LogP contribution in [0.1, 0.15) is 13.3 Å². The topological polar surface area (TPSA) is 40.5 Å². The normalized spacial score (nSPS) is 37.9. The maximum Gasteiger partial charge on any atom is 0.0468 e. The SMILES string of the molecule is C=C[C@@H]1C[C@H](/C=C\C)[C@@H](CO)[C@H]1CO. The second kappa shape index (κ2) is 5.32. The lowest BCUT2D eigenvalue weighted by molar-refractivity contribution is 0.117. The molecule has 0 aromatic carbocycles. The smallest absolute Gasteiger partial charge is 0.0468 e. The third-order valence-corrected chi connectivity index (χ3v) is 3.36. The number of hydrogen-bond donors (Lipinski definition) is 2. The molecule has 14 heavy (non-hydrogen) atoms. The first-order chi connectivity index (χ1) is 6.78. The Morgan fingerprint density at radius 1 is 1.21 bits per heavy atom. The van der Waals surface area contributed by atoms with Crippen molar-refractivity contribution in [3.8, 4) is 0 Å². The molecular formula is C12H20O2. The summed E-state index contributed by atoms with van der Waals surface area (Å²) < 4.78 is 0. The van der Waals surface area contributed by atoms with Gasteiger partial charge >= 0.3 is 0 Å². The predicted molar refractivity (Wildman–Crippen MR) is 57.8 cm³/mol. The second-order valence-electron chi connectivity index (χ2n) is 4.02. The highest BCUT2D eigenvalue weighted by atomic mass is 16.3. The van der Waals surface area contributed by atoms with Crippen molar-refractivity contribution in [3.63, 3.8) is 0 Å². The first-order valence-corrected chi connectivity index (χ1v) is 5.25. The molecule has 0 radical (unpaired) electrons. The van der Waals surface area contributed by atoms with Crippen LogP contribution in [0.3, 0.4) is 0 Å². The Labute approximate surface area is 86.0 Å². The Kier molecular flexibility index (Phi) is 4.36. The van der Waals surface area contributed by atoms with Crippen molar-refractivity contribution in [2.75, 3.05) is 13.2 Å². The standard InChI is InChI=1S/C12H20O2/c1-3-5-10-6-9(4-2)11(7-13)12(10)8-14/h3-5,9-14H,2,6-8H2,1H3/b5-3-/t9-,10+,11+,12-/m1/s1. The summed E-state index contributed by atoms with van der Waals surface area (Å²) in [6.45, 7) is 6.08.